The fourth-order valence-corrected chi connectivity index (χ4v) is 3.96. The summed E-state index contributed by atoms with van der Waals surface area (Å²) in [6.45, 7) is 5.15. The molecule has 0 aliphatic carbocycles. The zero-order valence-corrected chi connectivity index (χ0v) is 16.9. The van der Waals surface area contributed by atoms with Crippen molar-refractivity contribution in [2.24, 2.45) is 0 Å². The molecule has 2 aromatic carbocycles. The number of ether oxygens (including phenoxy) is 1. The van der Waals surface area contributed by atoms with Crippen molar-refractivity contribution in [3.63, 3.8) is 0 Å². The van der Waals surface area contributed by atoms with Crippen molar-refractivity contribution in [3.8, 4) is 11.8 Å². The van der Waals surface area contributed by atoms with Crippen molar-refractivity contribution in [2.45, 2.75) is 12.5 Å². The number of carbonyl (C=O) groups is 1. The molecule has 2 heterocycles. The first kappa shape index (κ1) is 19.5. The number of nitrogens with zero attached hydrogens (tertiary/aromatic N) is 2. The molecule has 0 radical (unpaired) electrons. The largest absolute Gasteiger partial charge is 0.379 e. The van der Waals surface area contributed by atoms with Gasteiger partial charge in [0.25, 0.3) is 5.91 Å². The van der Waals surface area contributed by atoms with Gasteiger partial charge < -0.3 is 15.0 Å². The Morgan fingerprint density at radius 3 is 2.62 bits per heavy atom. The molecule has 1 fully saturated rings. The van der Waals surface area contributed by atoms with E-state index in [4.69, 9.17) is 4.74 Å². The van der Waals surface area contributed by atoms with E-state index in [2.05, 4.69) is 51.2 Å². The molecule has 2 aliphatic rings. The van der Waals surface area contributed by atoms with E-state index >= 15 is 0 Å². The van der Waals surface area contributed by atoms with Crippen molar-refractivity contribution < 1.29 is 9.53 Å². The Morgan fingerprint density at radius 2 is 1.86 bits per heavy atom. The van der Waals surface area contributed by atoms with Crippen molar-refractivity contribution in [2.75, 3.05) is 51.3 Å². The maximum Gasteiger partial charge on any atom is 0.251 e. The molecule has 2 aromatic rings. The van der Waals surface area contributed by atoms with Gasteiger partial charge >= 0.3 is 0 Å². The quantitative estimate of drug-likeness (QED) is 0.820. The van der Waals surface area contributed by atoms with E-state index < -0.39 is 0 Å². The van der Waals surface area contributed by atoms with Crippen LogP contribution in [0.5, 0.6) is 0 Å². The van der Waals surface area contributed by atoms with Crippen molar-refractivity contribution >= 4 is 11.6 Å². The van der Waals surface area contributed by atoms with Crippen molar-refractivity contribution in [1.29, 1.82) is 0 Å². The van der Waals surface area contributed by atoms with Crippen LogP contribution in [-0.4, -0.2) is 57.2 Å². The molecule has 5 heteroatoms. The summed E-state index contributed by atoms with van der Waals surface area (Å²) in [5.41, 5.74) is 4.42. The second kappa shape index (κ2) is 9.13. The van der Waals surface area contributed by atoms with Crippen molar-refractivity contribution in [3.05, 3.63) is 65.2 Å². The second-order valence-corrected chi connectivity index (χ2v) is 7.38. The third kappa shape index (κ3) is 4.45. The van der Waals surface area contributed by atoms with Crippen molar-refractivity contribution in [1.82, 2.24) is 10.2 Å². The Labute approximate surface area is 172 Å². The van der Waals surface area contributed by atoms with Gasteiger partial charge in [0.1, 0.15) is 6.04 Å². The number of rotatable bonds is 3. The van der Waals surface area contributed by atoms with Gasteiger partial charge in [-0.1, -0.05) is 36.1 Å². The highest BCUT2D eigenvalue weighted by Gasteiger charge is 2.26. The molecule has 4 rings (SSSR count). The molecule has 0 saturated carbocycles. The Balaban J connectivity index is 1.59. The Morgan fingerprint density at radius 1 is 1.10 bits per heavy atom. The van der Waals surface area contributed by atoms with Crippen LogP contribution in [0.15, 0.2) is 48.5 Å². The van der Waals surface area contributed by atoms with E-state index in [1.807, 2.05) is 24.3 Å². The zero-order chi connectivity index (χ0) is 20.1. The molecule has 2 aliphatic heterocycles. The molecule has 1 amide bonds. The average Bonchev–Trinajstić information content (AvgIpc) is 2.79. The minimum absolute atomic E-state index is 0.0202. The molecule has 150 valence electrons. The number of benzene rings is 2. The first-order valence-corrected chi connectivity index (χ1v) is 10.2. The minimum atomic E-state index is -0.0672. The number of fused-ring (bicyclic) bond motifs is 1. The van der Waals surface area contributed by atoms with Crippen LogP contribution in [0.1, 0.15) is 27.5 Å². The highest BCUT2D eigenvalue weighted by molar-refractivity contribution is 5.94. The third-order valence-corrected chi connectivity index (χ3v) is 5.62. The maximum atomic E-state index is 11.9. The number of carbonyl (C=O) groups excluding carboxylic acids is 1. The van der Waals surface area contributed by atoms with Crippen LogP contribution in [-0.2, 0) is 11.2 Å². The fraction of sp³-hybridized carbons (Fsp3) is 0.375. The summed E-state index contributed by atoms with van der Waals surface area (Å²) in [7, 11) is 1.65. The van der Waals surface area contributed by atoms with E-state index in [1.165, 1.54) is 11.1 Å². The zero-order valence-electron chi connectivity index (χ0n) is 16.9. The van der Waals surface area contributed by atoms with Crippen LogP contribution in [0.4, 0.5) is 5.69 Å². The number of amides is 1. The van der Waals surface area contributed by atoms with E-state index in [0.717, 1.165) is 51.5 Å². The molecule has 0 aromatic heterocycles. The standard InChI is InChI=1S/C24H27N3O2/c1-25-24(28)20-8-10-21(11-9-20)27-14-12-19-5-2-3-6-22(19)23(27)7-4-13-26-15-17-29-18-16-26/h2-3,5-6,8-11,23H,12-18H2,1H3,(H,25,28). The van der Waals surface area contributed by atoms with Crippen LogP contribution in [0.2, 0.25) is 0 Å². The average molecular weight is 389 g/mol. The summed E-state index contributed by atoms with van der Waals surface area (Å²) >= 11 is 0. The molecule has 0 spiro atoms. The van der Waals surface area contributed by atoms with E-state index in [0.29, 0.717) is 5.56 Å². The Hall–Kier alpha value is -2.81. The van der Waals surface area contributed by atoms with E-state index in [-0.39, 0.29) is 11.9 Å². The summed E-state index contributed by atoms with van der Waals surface area (Å²) in [5, 5.41) is 2.67. The van der Waals surface area contributed by atoms with Gasteiger partial charge in [-0.2, -0.15) is 0 Å². The van der Waals surface area contributed by atoms with Crippen LogP contribution >= 0.6 is 0 Å². The molecule has 1 N–H and O–H groups in total. The first-order chi connectivity index (χ1) is 14.3. The summed E-state index contributed by atoms with van der Waals surface area (Å²) < 4.78 is 5.43. The van der Waals surface area contributed by atoms with Crippen LogP contribution in [0.3, 0.4) is 0 Å². The summed E-state index contributed by atoms with van der Waals surface area (Å²) in [6.07, 6.45) is 0.995. The lowest BCUT2D eigenvalue weighted by Crippen LogP contribution is -2.37. The fourth-order valence-electron chi connectivity index (χ4n) is 3.96. The summed E-state index contributed by atoms with van der Waals surface area (Å²) in [4.78, 5) is 16.6. The molecular formula is C24H27N3O2. The minimum Gasteiger partial charge on any atom is -0.379 e. The lowest BCUT2D eigenvalue weighted by Gasteiger charge is -2.36. The van der Waals surface area contributed by atoms with Gasteiger partial charge in [0.2, 0.25) is 0 Å². The number of anilines is 1. The molecule has 1 saturated heterocycles. The third-order valence-electron chi connectivity index (χ3n) is 5.62. The normalized spacial score (nSPS) is 19.1. The lowest BCUT2D eigenvalue weighted by atomic mass is 9.92. The number of hydrogen-bond donors (Lipinski definition) is 1. The SMILES string of the molecule is CNC(=O)c1ccc(N2CCc3ccccc3C2C#CCN2CCOCC2)cc1. The number of nitrogens with one attached hydrogen (secondary N) is 1. The van der Waals surface area contributed by atoms with Gasteiger partial charge in [0, 0.05) is 37.9 Å². The van der Waals surface area contributed by atoms with Crippen LogP contribution in [0, 0.1) is 11.8 Å². The summed E-state index contributed by atoms with van der Waals surface area (Å²) in [5.74, 6) is 6.89. The topological polar surface area (TPSA) is 44.8 Å². The maximum absolute atomic E-state index is 11.9. The number of hydrogen-bond acceptors (Lipinski definition) is 4. The van der Waals surface area contributed by atoms with E-state index in [1.54, 1.807) is 7.05 Å². The molecule has 5 nitrogen and oxygen atoms in total. The molecule has 29 heavy (non-hydrogen) atoms. The summed E-state index contributed by atoms with van der Waals surface area (Å²) in [6, 6.07) is 16.4. The van der Waals surface area contributed by atoms with Gasteiger partial charge in [-0.25, -0.2) is 0 Å². The van der Waals surface area contributed by atoms with Gasteiger partial charge in [-0.3, -0.25) is 9.69 Å². The second-order valence-electron chi connectivity index (χ2n) is 7.38. The molecule has 0 bridgehead atoms. The molecular weight excluding hydrogens is 362 g/mol. The van der Waals surface area contributed by atoms with Crippen LogP contribution < -0.4 is 10.2 Å². The van der Waals surface area contributed by atoms with Gasteiger partial charge in [-0.15, -0.1) is 0 Å². The monoisotopic (exact) mass is 389 g/mol. The Bertz CT molecular complexity index is 908. The van der Waals surface area contributed by atoms with Gasteiger partial charge in [0.15, 0.2) is 0 Å². The highest BCUT2D eigenvalue weighted by atomic mass is 16.5. The lowest BCUT2D eigenvalue weighted by molar-refractivity contribution is 0.0443. The van der Waals surface area contributed by atoms with Gasteiger partial charge in [0.05, 0.1) is 19.8 Å². The number of morpholine rings is 1. The molecule has 1 unspecified atom stereocenters. The highest BCUT2D eigenvalue weighted by Crippen LogP contribution is 2.33. The predicted molar refractivity (Wildman–Crippen MR) is 115 cm³/mol. The molecule has 1 atom stereocenters. The first-order valence-electron chi connectivity index (χ1n) is 10.2. The predicted octanol–water partition coefficient (Wildman–Crippen LogP) is 2.49. The smallest absolute Gasteiger partial charge is 0.251 e. The van der Waals surface area contributed by atoms with Gasteiger partial charge in [-0.05, 0) is 41.8 Å². The van der Waals surface area contributed by atoms with Crippen LogP contribution in [0.25, 0.3) is 0 Å². The van der Waals surface area contributed by atoms with E-state index in [9.17, 15) is 4.79 Å². The Kier molecular flexibility index (Phi) is 6.14.